The number of rotatable bonds is 1. The van der Waals surface area contributed by atoms with Crippen LogP contribution in [-0.2, 0) is 0 Å². The molecule has 0 bridgehead atoms. The third kappa shape index (κ3) is 1.17. The highest BCUT2D eigenvalue weighted by molar-refractivity contribution is 5.80. The van der Waals surface area contributed by atoms with Crippen molar-refractivity contribution >= 4 is 11.1 Å². The third-order valence-corrected chi connectivity index (χ3v) is 2.37. The van der Waals surface area contributed by atoms with Gasteiger partial charge in [-0.05, 0) is 12.1 Å². The van der Waals surface area contributed by atoms with Crippen LogP contribution in [0.4, 0.5) is 0 Å². The molecule has 0 radical (unpaired) electrons. The first kappa shape index (κ1) is 8.68. The SMILES string of the molecule is N#Cc1nc[nH]c1-c1ccc2ncoc2c1. The Morgan fingerprint density at radius 2 is 2.25 bits per heavy atom. The Balaban J connectivity index is 2.22. The van der Waals surface area contributed by atoms with Crippen molar-refractivity contribution in [3.63, 3.8) is 0 Å². The van der Waals surface area contributed by atoms with Crippen molar-refractivity contribution in [3.05, 3.63) is 36.6 Å². The fourth-order valence-electron chi connectivity index (χ4n) is 1.61. The number of benzene rings is 1. The number of nitrogens with zero attached hydrogens (tertiary/aromatic N) is 3. The van der Waals surface area contributed by atoms with Gasteiger partial charge in [0, 0.05) is 5.56 Å². The molecule has 5 heteroatoms. The summed E-state index contributed by atoms with van der Waals surface area (Å²) in [7, 11) is 0. The van der Waals surface area contributed by atoms with Crippen molar-refractivity contribution < 1.29 is 4.42 Å². The maximum Gasteiger partial charge on any atom is 0.181 e. The Morgan fingerprint density at radius 3 is 3.12 bits per heavy atom. The average molecular weight is 210 g/mol. The largest absolute Gasteiger partial charge is 0.443 e. The number of H-pyrrole nitrogens is 1. The van der Waals surface area contributed by atoms with Gasteiger partial charge in [0.05, 0.1) is 12.0 Å². The molecule has 16 heavy (non-hydrogen) atoms. The van der Waals surface area contributed by atoms with E-state index in [4.69, 9.17) is 9.68 Å². The van der Waals surface area contributed by atoms with Gasteiger partial charge >= 0.3 is 0 Å². The summed E-state index contributed by atoms with van der Waals surface area (Å²) in [5.74, 6) is 0. The molecule has 76 valence electrons. The van der Waals surface area contributed by atoms with Crippen molar-refractivity contribution in [2.24, 2.45) is 0 Å². The Hall–Kier alpha value is -2.61. The number of nitriles is 1. The lowest BCUT2D eigenvalue weighted by atomic mass is 10.1. The molecule has 0 aliphatic carbocycles. The van der Waals surface area contributed by atoms with E-state index in [0.717, 1.165) is 11.1 Å². The van der Waals surface area contributed by atoms with Crippen molar-refractivity contribution in [2.75, 3.05) is 0 Å². The minimum absolute atomic E-state index is 0.374. The van der Waals surface area contributed by atoms with Crippen LogP contribution in [0.25, 0.3) is 22.4 Å². The van der Waals surface area contributed by atoms with E-state index in [1.54, 1.807) is 0 Å². The summed E-state index contributed by atoms with van der Waals surface area (Å²) in [6.07, 6.45) is 2.89. The molecule has 1 aromatic carbocycles. The van der Waals surface area contributed by atoms with Crippen LogP contribution >= 0.6 is 0 Å². The lowest BCUT2D eigenvalue weighted by molar-refractivity contribution is 0.602. The highest BCUT2D eigenvalue weighted by Crippen LogP contribution is 2.24. The van der Waals surface area contributed by atoms with Gasteiger partial charge in [-0.15, -0.1) is 0 Å². The maximum absolute atomic E-state index is 8.87. The molecule has 0 saturated heterocycles. The normalized spacial score (nSPS) is 10.4. The second-order valence-corrected chi connectivity index (χ2v) is 3.27. The summed E-state index contributed by atoms with van der Waals surface area (Å²) in [5, 5.41) is 8.87. The predicted octanol–water partition coefficient (Wildman–Crippen LogP) is 2.09. The smallest absolute Gasteiger partial charge is 0.181 e. The molecular weight excluding hydrogens is 204 g/mol. The van der Waals surface area contributed by atoms with Crippen LogP contribution in [0.15, 0.2) is 35.3 Å². The Morgan fingerprint density at radius 1 is 1.31 bits per heavy atom. The Bertz CT molecular complexity index is 689. The molecule has 3 aromatic rings. The molecule has 0 aliphatic rings. The van der Waals surface area contributed by atoms with E-state index in [1.807, 2.05) is 24.3 Å². The molecule has 0 amide bonds. The van der Waals surface area contributed by atoms with Gasteiger partial charge in [0.1, 0.15) is 11.6 Å². The molecule has 0 aliphatic heterocycles. The molecule has 0 spiro atoms. The van der Waals surface area contributed by atoms with Crippen molar-refractivity contribution in [1.82, 2.24) is 15.0 Å². The molecule has 3 rings (SSSR count). The lowest BCUT2D eigenvalue weighted by Crippen LogP contribution is -1.82. The maximum atomic E-state index is 8.87. The zero-order chi connectivity index (χ0) is 11.0. The van der Waals surface area contributed by atoms with Crippen molar-refractivity contribution in [2.45, 2.75) is 0 Å². The summed E-state index contributed by atoms with van der Waals surface area (Å²) < 4.78 is 5.20. The quantitative estimate of drug-likeness (QED) is 0.667. The van der Waals surface area contributed by atoms with Crippen molar-refractivity contribution in [3.8, 4) is 17.3 Å². The van der Waals surface area contributed by atoms with Crippen LogP contribution in [0.2, 0.25) is 0 Å². The van der Waals surface area contributed by atoms with E-state index in [9.17, 15) is 0 Å². The summed E-state index contributed by atoms with van der Waals surface area (Å²) in [6, 6.07) is 7.58. The molecule has 0 fully saturated rings. The highest BCUT2D eigenvalue weighted by atomic mass is 16.3. The second kappa shape index (κ2) is 3.21. The average Bonchev–Trinajstić information content (AvgIpc) is 2.96. The minimum atomic E-state index is 0.374. The summed E-state index contributed by atoms with van der Waals surface area (Å²) in [4.78, 5) is 10.9. The standard InChI is InChI=1S/C11H6N4O/c12-4-9-11(14-5-13-9)7-1-2-8-10(3-7)16-6-15-8/h1-3,5-6H,(H,13,14). The molecule has 2 heterocycles. The zero-order valence-corrected chi connectivity index (χ0v) is 8.14. The predicted molar refractivity (Wildman–Crippen MR) is 56.3 cm³/mol. The fraction of sp³-hybridized carbons (Fsp3) is 0. The van der Waals surface area contributed by atoms with Gasteiger partial charge in [-0.1, -0.05) is 6.07 Å². The van der Waals surface area contributed by atoms with Gasteiger partial charge in [-0.3, -0.25) is 0 Å². The van der Waals surface area contributed by atoms with Crippen LogP contribution in [0.3, 0.4) is 0 Å². The van der Waals surface area contributed by atoms with E-state index in [1.165, 1.54) is 12.7 Å². The molecule has 2 aromatic heterocycles. The van der Waals surface area contributed by atoms with Crippen LogP contribution in [0.1, 0.15) is 5.69 Å². The number of fused-ring (bicyclic) bond motifs is 1. The molecule has 5 nitrogen and oxygen atoms in total. The van der Waals surface area contributed by atoms with Crippen LogP contribution in [-0.4, -0.2) is 15.0 Å². The van der Waals surface area contributed by atoms with Crippen LogP contribution in [0.5, 0.6) is 0 Å². The van der Waals surface area contributed by atoms with E-state index in [-0.39, 0.29) is 0 Å². The first-order valence-electron chi connectivity index (χ1n) is 4.65. The Kier molecular flexibility index (Phi) is 1.74. The van der Waals surface area contributed by atoms with Gasteiger partial charge in [-0.2, -0.15) is 5.26 Å². The minimum Gasteiger partial charge on any atom is -0.443 e. The van der Waals surface area contributed by atoms with E-state index < -0.39 is 0 Å². The van der Waals surface area contributed by atoms with Gasteiger partial charge in [-0.25, -0.2) is 9.97 Å². The number of oxazole rings is 1. The molecule has 0 atom stereocenters. The summed E-state index contributed by atoms with van der Waals surface area (Å²) in [5.41, 5.74) is 3.41. The van der Waals surface area contributed by atoms with Crippen molar-refractivity contribution in [1.29, 1.82) is 5.26 Å². The number of imidazole rings is 1. The summed E-state index contributed by atoms with van der Waals surface area (Å²) >= 11 is 0. The van der Waals surface area contributed by atoms with E-state index >= 15 is 0 Å². The van der Waals surface area contributed by atoms with Gasteiger partial charge in [0.25, 0.3) is 0 Å². The highest BCUT2D eigenvalue weighted by Gasteiger charge is 2.09. The summed E-state index contributed by atoms with van der Waals surface area (Å²) in [6.45, 7) is 0. The molecule has 0 unspecified atom stereocenters. The van der Waals surface area contributed by atoms with E-state index in [0.29, 0.717) is 17.0 Å². The van der Waals surface area contributed by atoms with Gasteiger partial charge < -0.3 is 9.40 Å². The van der Waals surface area contributed by atoms with Gasteiger partial charge in [0.2, 0.25) is 0 Å². The fourth-order valence-corrected chi connectivity index (χ4v) is 1.61. The van der Waals surface area contributed by atoms with Crippen LogP contribution < -0.4 is 0 Å². The topological polar surface area (TPSA) is 78.5 Å². The molecule has 1 N–H and O–H groups in total. The lowest BCUT2D eigenvalue weighted by Gasteiger charge is -1.97. The molecular formula is C11H6N4O. The zero-order valence-electron chi connectivity index (χ0n) is 8.14. The molecule has 0 saturated carbocycles. The second-order valence-electron chi connectivity index (χ2n) is 3.27. The van der Waals surface area contributed by atoms with E-state index in [2.05, 4.69) is 15.0 Å². The number of hydrogen-bond acceptors (Lipinski definition) is 4. The third-order valence-electron chi connectivity index (χ3n) is 2.37. The number of aromatic amines is 1. The number of hydrogen-bond donors (Lipinski definition) is 1. The first-order valence-corrected chi connectivity index (χ1v) is 4.65. The van der Waals surface area contributed by atoms with Gasteiger partial charge in [0.15, 0.2) is 17.7 Å². The monoisotopic (exact) mass is 210 g/mol. The van der Waals surface area contributed by atoms with Crippen LogP contribution in [0, 0.1) is 11.3 Å². The first-order chi connectivity index (χ1) is 7.88. The number of nitrogens with one attached hydrogen (secondary N) is 1. The number of aromatic nitrogens is 3. The Labute approximate surface area is 90.4 Å².